The second-order valence-electron chi connectivity index (χ2n) is 6.77. The van der Waals surface area contributed by atoms with Crippen molar-refractivity contribution < 1.29 is 13.7 Å². The van der Waals surface area contributed by atoms with Crippen LogP contribution in [0.1, 0.15) is 53.7 Å². The summed E-state index contributed by atoms with van der Waals surface area (Å²) in [6.07, 6.45) is 4.11. The van der Waals surface area contributed by atoms with E-state index in [0.29, 0.717) is 30.4 Å². The third kappa shape index (κ3) is 3.38. The number of likely N-dealkylation sites (tertiary alicyclic amines) is 1. The lowest BCUT2D eigenvalue weighted by Gasteiger charge is -2.31. The van der Waals surface area contributed by atoms with Crippen LogP contribution in [0.5, 0.6) is 0 Å². The van der Waals surface area contributed by atoms with Crippen LogP contribution >= 0.6 is 0 Å². The van der Waals surface area contributed by atoms with Crippen LogP contribution in [0.15, 0.2) is 28.8 Å². The normalized spacial score (nSPS) is 21.8. The van der Waals surface area contributed by atoms with Crippen LogP contribution in [0.3, 0.4) is 0 Å². The third-order valence-electron chi connectivity index (χ3n) is 4.78. The van der Waals surface area contributed by atoms with Gasteiger partial charge in [-0.2, -0.15) is 4.98 Å². The molecule has 1 aromatic carbocycles. The second kappa shape index (κ2) is 6.43. The highest BCUT2D eigenvalue weighted by molar-refractivity contribution is 5.98. The predicted octanol–water partition coefficient (Wildman–Crippen LogP) is 3.18. The molecule has 2 aliphatic rings. The molecule has 6 heteroatoms. The van der Waals surface area contributed by atoms with E-state index >= 15 is 0 Å². The van der Waals surface area contributed by atoms with Gasteiger partial charge in [0, 0.05) is 23.9 Å². The highest BCUT2D eigenvalue weighted by atomic mass is 19.1. The number of rotatable bonds is 5. The molecule has 24 heavy (non-hydrogen) atoms. The van der Waals surface area contributed by atoms with Gasteiger partial charge in [-0.15, -0.1) is 0 Å². The molecule has 2 heterocycles. The maximum atomic E-state index is 13.0. The molecule has 1 aromatic heterocycles. The van der Waals surface area contributed by atoms with Crippen molar-refractivity contribution in [2.45, 2.75) is 38.1 Å². The average molecular weight is 329 g/mol. The molecule has 126 valence electrons. The van der Waals surface area contributed by atoms with Gasteiger partial charge in [-0.1, -0.05) is 5.16 Å². The number of ketones is 1. The smallest absolute Gasteiger partial charge is 0.229 e. The summed E-state index contributed by atoms with van der Waals surface area (Å²) in [4.78, 5) is 19.3. The first-order valence-corrected chi connectivity index (χ1v) is 8.53. The maximum Gasteiger partial charge on any atom is 0.229 e. The lowest BCUT2D eigenvalue weighted by atomic mass is 9.90. The van der Waals surface area contributed by atoms with Gasteiger partial charge in [0.1, 0.15) is 5.82 Å². The van der Waals surface area contributed by atoms with E-state index in [-0.39, 0.29) is 17.5 Å². The van der Waals surface area contributed by atoms with Gasteiger partial charge < -0.3 is 4.52 Å². The fraction of sp³-hybridized carbons (Fsp3) is 0.500. The van der Waals surface area contributed by atoms with Crippen molar-refractivity contribution in [3.8, 4) is 0 Å². The summed E-state index contributed by atoms with van der Waals surface area (Å²) in [5, 5.41) is 4.05. The summed E-state index contributed by atoms with van der Waals surface area (Å²) in [5.74, 6) is 1.62. The fourth-order valence-electron chi connectivity index (χ4n) is 3.29. The summed E-state index contributed by atoms with van der Waals surface area (Å²) in [6, 6.07) is 5.81. The van der Waals surface area contributed by atoms with Crippen LogP contribution in [0.25, 0.3) is 0 Å². The summed E-state index contributed by atoms with van der Waals surface area (Å²) in [5.41, 5.74) is 0.582. The zero-order chi connectivity index (χ0) is 16.5. The fourth-order valence-corrected chi connectivity index (χ4v) is 3.29. The van der Waals surface area contributed by atoms with Crippen LogP contribution in [0.4, 0.5) is 4.39 Å². The number of hydrogen-bond donors (Lipinski definition) is 0. The quantitative estimate of drug-likeness (QED) is 0.789. The maximum absolute atomic E-state index is 13.0. The minimum absolute atomic E-state index is 0.0565. The van der Waals surface area contributed by atoms with Gasteiger partial charge in [0.25, 0.3) is 0 Å². The Balaban J connectivity index is 1.39. The molecule has 2 fully saturated rings. The molecular weight excluding hydrogens is 309 g/mol. The second-order valence-corrected chi connectivity index (χ2v) is 6.77. The number of carbonyl (C=O) groups is 1. The topological polar surface area (TPSA) is 59.2 Å². The number of halogens is 1. The number of aromatic nitrogens is 2. The van der Waals surface area contributed by atoms with Gasteiger partial charge in [0.2, 0.25) is 5.89 Å². The molecule has 2 aromatic rings. The number of Topliss-reactive ketones (excluding diaryl/α,β-unsaturated/α-hetero) is 1. The first-order valence-electron chi connectivity index (χ1n) is 8.53. The van der Waals surface area contributed by atoms with E-state index in [0.717, 1.165) is 38.1 Å². The Kier molecular flexibility index (Phi) is 4.14. The van der Waals surface area contributed by atoms with E-state index in [9.17, 15) is 9.18 Å². The Hall–Kier alpha value is -2.08. The Morgan fingerprint density at radius 2 is 2.04 bits per heavy atom. The first kappa shape index (κ1) is 15.4. The Morgan fingerprint density at radius 1 is 1.25 bits per heavy atom. The van der Waals surface area contributed by atoms with Crippen LogP contribution in [-0.2, 0) is 6.54 Å². The number of hydrogen-bond acceptors (Lipinski definition) is 5. The average Bonchev–Trinajstić information content (AvgIpc) is 3.35. The van der Waals surface area contributed by atoms with Crippen LogP contribution in [0.2, 0.25) is 0 Å². The Morgan fingerprint density at radius 3 is 2.79 bits per heavy atom. The van der Waals surface area contributed by atoms with Gasteiger partial charge in [0.15, 0.2) is 11.6 Å². The molecule has 0 radical (unpaired) electrons. The molecule has 4 rings (SSSR count). The van der Waals surface area contributed by atoms with E-state index < -0.39 is 0 Å². The van der Waals surface area contributed by atoms with Gasteiger partial charge >= 0.3 is 0 Å². The lowest BCUT2D eigenvalue weighted by molar-refractivity contribution is 0.0807. The van der Waals surface area contributed by atoms with Gasteiger partial charge in [-0.3, -0.25) is 9.69 Å². The molecule has 0 amide bonds. The molecule has 1 saturated heterocycles. The summed E-state index contributed by atoms with van der Waals surface area (Å²) in [6.45, 7) is 2.23. The van der Waals surface area contributed by atoms with Crippen molar-refractivity contribution >= 4 is 5.78 Å². The number of benzene rings is 1. The van der Waals surface area contributed by atoms with Crippen molar-refractivity contribution in [2.24, 2.45) is 5.92 Å². The van der Waals surface area contributed by atoms with Gasteiger partial charge in [0.05, 0.1) is 6.54 Å². The van der Waals surface area contributed by atoms with E-state index in [4.69, 9.17) is 4.52 Å². The van der Waals surface area contributed by atoms with Crippen LogP contribution in [-0.4, -0.2) is 33.9 Å². The molecule has 0 spiro atoms. The Labute approximate surface area is 139 Å². The van der Waals surface area contributed by atoms with E-state index in [1.807, 2.05) is 0 Å². The minimum Gasteiger partial charge on any atom is -0.339 e. The number of nitrogens with zero attached hydrogens (tertiary/aromatic N) is 3. The van der Waals surface area contributed by atoms with Gasteiger partial charge in [-0.25, -0.2) is 4.39 Å². The molecule has 5 nitrogen and oxygen atoms in total. The lowest BCUT2D eigenvalue weighted by Crippen LogP contribution is -2.38. The molecule has 0 bridgehead atoms. The van der Waals surface area contributed by atoms with E-state index in [2.05, 4.69) is 15.0 Å². The van der Waals surface area contributed by atoms with Crippen molar-refractivity contribution in [2.75, 3.05) is 13.1 Å². The monoisotopic (exact) mass is 329 g/mol. The van der Waals surface area contributed by atoms with Crippen molar-refractivity contribution in [1.82, 2.24) is 15.0 Å². The molecule has 1 atom stereocenters. The van der Waals surface area contributed by atoms with Crippen LogP contribution in [0, 0.1) is 11.7 Å². The SMILES string of the molecule is O=C(c1ccc(F)cc1)[C@@H]1CCCN(Cc2noc(C3CC3)n2)C1. The molecule has 0 N–H and O–H groups in total. The van der Waals surface area contributed by atoms with Crippen molar-refractivity contribution in [3.05, 3.63) is 47.4 Å². The first-order chi connectivity index (χ1) is 11.7. The van der Waals surface area contributed by atoms with Crippen molar-refractivity contribution in [1.29, 1.82) is 0 Å². The third-order valence-corrected chi connectivity index (χ3v) is 4.78. The molecular formula is C18H20FN3O2. The zero-order valence-electron chi connectivity index (χ0n) is 13.4. The van der Waals surface area contributed by atoms with E-state index in [1.54, 1.807) is 12.1 Å². The summed E-state index contributed by atoms with van der Waals surface area (Å²) >= 11 is 0. The highest BCUT2D eigenvalue weighted by Crippen LogP contribution is 2.38. The molecule has 1 saturated carbocycles. The van der Waals surface area contributed by atoms with Crippen LogP contribution < -0.4 is 0 Å². The number of piperidine rings is 1. The zero-order valence-corrected chi connectivity index (χ0v) is 13.4. The minimum atomic E-state index is -0.319. The predicted molar refractivity (Wildman–Crippen MR) is 85.0 cm³/mol. The summed E-state index contributed by atoms with van der Waals surface area (Å²) < 4.78 is 18.3. The largest absolute Gasteiger partial charge is 0.339 e. The molecule has 1 aliphatic heterocycles. The standard InChI is InChI=1S/C18H20FN3O2/c19-15-7-5-12(6-8-15)17(23)14-2-1-9-22(10-14)11-16-20-18(24-21-16)13-3-4-13/h5-8,13-14H,1-4,9-11H2/t14-/m1/s1. The highest BCUT2D eigenvalue weighted by Gasteiger charge is 2.31. The molecule has 0 unspecified atom stereocenters. The molecule has 1 aliphatic carbocycles. The number of carbonyl (C=O) groups excluding carboxylic acids is 1. The Bertz CT molecular complexity index is 724. The van der Waals surface area contributed by atoms with Crippen molar-refractivity contribution in [3.63, 3.8) is 0 Å². The van der Waals surface area contributed by atoms with E-state index in [1.165, 1.54) is 12.1 Å². The van der Waals surface area contributed by atoms with Gasteiger partial charge in [-0.05, 0) is 56.5 Å². The summed E-state index contributed by atoms with van der Waals surface area (Å²) in [7, 11) is 0.